The predicted octanol–water partition coefficient (Wildman–Crippen LogP) is 1.37. The highest BCUT2D eigenvalue weighted by atomic mass is 32.2. The van der Waals surface area contributed by atoms with Crippen LogP contribution in [0.2, 0.25) is 0 Å². The van der Waals surface area contributed by atoms with Crippen LogP contribution in [0.3, 0.4) is 0 Å². The summed E-state index contributed by atoms with van der Waals surface area (Å²) in [7, 11) is -3.45. The summed E-state index contributed by atoms with van der Waals surface area (Å²) in [6.45, 7) is 7.24. The molecule has 1 aromatic heterocycles. The predicted molar refractivity (Wildman–Crippen MR) is 109 cm³/mol. The van der Waals surface area contributed by atoms with Crippen LogP contribution in [0.25, 0.3) is 0 Å². The molecule has 2 aromatic rings. The van der Waals surface area contributed by atoms with Crippen molar-refractivity contribution < 1.29 is 13.2 Å². The fraction of sp³-hybridized carbons (Fsp3) is 0.550. The molecule has 1 amide bonds. The van der Waals surface area contributed by atoms with Gasteiger partial charge < -0.3 is 4.90 Å². The average Bonchev–Trinajstić information content (AvgIpc) is 3.27. The van der Waals surface area contributed by atoms with Crippen molar-refractivity contribution in [2.45, 2.75) is 38.4 Å². The van der Waals surface area contributed by atoms with E-state index in [1.807, 2.05) is 38.1 Å². The number of carbonyl (C=O) groups excluding carboxylic acids is 1. The van der Waals surface area contributed by atoms with E-state index in [-0.39, 0.29) is 17.6 Å². The monoisotopic (exact) mass is 417 g/mol. The summed E-state index contributed by atoms with van der Waals surface area (Å²) in [6, 6.07) is 7.59. The number of nitrogens with one attached hydrogen (secondary N) is 1. The molecule has 156 valence electrons. The minimum atomic E-state index is -3.45. The van der Waals surface area contributed by atoms with Crippen molar-refractivity contribution in [1.82, 2.24) is 24.4 Å². The van der Waals surface area contributed by atoms with Gasteiger partial charge in [-0.25, -0.2) is 17.7 Å². The average molecular weight is 418 g/mol. The Labute approximate surface area is 171 Å². The number of aromatic amines is 1. The number of aryl methyl sites for hydroxylation is 2. The number of sulfonamides is 1. The maximum atomic E-state index is 13.1. The molecule has 1 aromatic carbocycles. The van der Waals surface area contributed by atoms with Gasteiger partial charge in [0.15, 0.2) is 5.82 Å². The molecule has 0 bridgehead atoms. The second kappa shape index (κ2) is 7.21. The lowest BCUT2D eigenvalue weighted by atomic mass is 9.72. The van der Waals surface area contributed by atoms with Gasteiger partial charge in [0.2, 0.25) is 15.9 Å². The van der Waals surface area contributed by atoms with E-state index in [4.69, 9.17) is 0 Å². The zero-order valence-electron chi connectivity index (χ0n) is 17.1. The lowest BCUT2D eigenvalue weighted by Crippen LogP contribution is -2.52. The second-order valence-corrected chi connectivity index (χ2v) is 10.3. The third-order valence-corrected chi connectivity index (χ3v) is 8.09. The van der Waals surface area contributed by atoms with Gasteiger partial charge in [0.1, 0.15) is 5.82 Å². The number of carbonyl (C=O) groups is 1. The number of piperidine rings is 1. The summed E-state index contributed by atoms with van der Waals surface area (Å²) in [5.41, 5.74) is 1.49. The number of likely N-dealkylation sites (tertiary alicyclic amines) is 1. The molecule has 2 atom stereocenters. The topological polar surface area (TPSA) is 99.3 Å². The van der Waals surface area contributed by atoms with Crippen LogP contribution in [0.5, 0.6) is 0 Å². The van der Waals surface area contributed by atoms with Gasteiger partial charge in [-0.1, -0.05) is 29.8 Å². The molecule has 29 heavy (non-hydrogen) atoms. The largest absolute Gasteiger partial charge is 0.342 e. The molecular weight excluding hydrogens is 390 g/mol. The van der Waals surface area contributed by atoms with Gasteiger partial charge in [-0.15, -0.1) is 0 Å². The summed E-state index contributed by atoms with van der Waals surface area (Å²) in [5.74, 6) is 1.38. The van der Waals surface area contributed by atoms with Gasteiger partial charge in [0.25, 0.3) is 0 Å². The third-order valence-electron chi connectivity index (χ3n) is 6.28. The first-order chi connectivity index (χ1) is 13.7. The molecule has 0 saturated carbocycles. The summed E-state index contributed by atoms with van der Waals surface area (Å²) in [5, 5.41) is 7.29. The Kier molecular flexibility index (Phi) is 4.98. The zero-order valence-corrected chi connectivity index (χ0v) is 17.9. The van der Waals surface area contributed by atoms with Crippen molar-refractivity contribution in [1.29, 1.82) is 0 Å². The van der Waals surface area contributed by atoms with Crippen LogP contribution in [0, 0.1) is 19.8 Å². The summed E-state index contributed by atoms with van der Waals surface area (Å²) in [6.07, 6.45) is 0.603. The first-order valence-electron chi connectivity index (χ1n) is 9.88. The van der Waals surface area contributed by atoms with E-state index in [1.165, 1.54) is 0 Å². The Hall–Kier alpha value is -2.26. The van der Waals surface area contributed by atoms with Crippen molar-refractivity contribution in [3.05, 3.63) is 47.0 Å². The van der Waals surface area contributed by atoms with Crippen molar-refractivity contribution in [3.63, 3.8) is 0 Å². The van der Waals surface area contributed by atoms with E-state index >= 15 is 0 Å². The molecule has 0 aliphatic carbocycles. The molecule has 2 aliphatic rings. The minimum Gasteiger partial charge on any atom is -0.342 e. The van der Waals surface area contributed by atoms with E-state index in [9.17, 15) is 13.2 Å². The number of amides is 1. The Morgan fingerprint density at radius 1 is 1.24 bits per heavy atom. The highest BCUT2D eigenvalue weighted by Crippen LogP contribution is 2.44. The van der Waals surface area contributed by atoms with Crippen LogP contribution in [-0.2, 0) is 26.0 Å². The first kappa shape index (κ1) is 20.0. The zero-order chi connectivity index (χ0) is 20.8. The second-order valence-electron chi connectivity index (χ2n) is 8.35. The Bertz CT molecular complexity index is 1020. The van der Waals surface area contributed by atoms with Crippen LogP contribution < -0.4 is 0 Å². The van der Waals surface area contributed by atoms with Crippen molar-refractivity contribution in [3.8, 4) is 0 Å². The minimum absolute atomic E-state index is 0.0000881. The van der Waals surface area contributed by atoms with Crippen LogP contribution in [0.4, 0.5) is 0 Å². The van der Waals surface area contributed by atoms with E-state index in [2.05, 4.69) is 15.2 Å². The molecular formula is C20H27N5O3S. The number of rotatable bonds is 4. The molecule has 3 heterocycles. The highest BCUT2D eigenvalue weighted by molar-refractivity contribution is 7.88. The standard InChI is InChI=1S/C20H27N5O3S/c1-14-4-6-17(7-5-14)12-29(27,28)25-9-8-20(19-21-15(2)22-23-19)13-24(16(3)26)10-18(20)11-25/h4-7,18H,8-13H2,1-3H3,(H,21,22,23)/t18-,20+/m0/s1. The highest BCUT2D eigenvalue weighted by Gasteiger charge is 2.54. The summed E-state index contributed by atoms with van der Waals surface area (Å²) >= 11 is 0. The smallest absolute Gasteiger partial charge is 0.219 e. The number of fused-ring (bicyclic) bond motifs is 1. The van der Waals surface area contributed by atoms with Crippen LogP contribution >= 0.6 is 0 Å². The van der Waals surface area contributed by atoms with E-state index in [0.29, 0.717) is 38.4 Å². The van der Waals surface area contributed by atoms with E-state index in [0.717, 1.165) is 17.0 Å². The number of hydrogen-bond acceptors (Lipinski definition) is 5. The Morgan fingerprint density at radius 3 is 2.59 bits per heavy atom. The van der Waals surface area contributed by atoms with Crippen molar-refractivity contribution >= 4 is 15.9 Å². The normalized spacial score (nSPS) is 25.2. The summed E-state index contributed by atoms with van der Waals surface area (Å²) in [4.78, 5) is 18.4. The number of benzene rings is 1. The Morgan fingerprint density at radius 2 is 1.97 bits per heavy atom. The van der Waals surface area contributed by atoms with Gasteiger partial charge >= 0.3 is 0 Å². The molecule has 4 rings (SSSR count). The van der Waals surface area contributed by atoms with Gasteiger partial charge in [-0.3, -0.25) is 9.89 Å². The number of H-pyrrole nitrogens is 1. The molecule has 0 unspecified atom stereocenters. The first-order valence-corrected chi connectivity index (χ1v) is 11.5. The molecule has 9 heteroatoms. The molecule has 2 aliphatic heterocycles. The maximum absolute atomic E-state index is 13.1. The van der Waals surface area contributed by atoms with Gasteiger partial charge in [0, 0.05) is 39.0 Å². The fourth-order valence-corrected chi connectivity index (χ4v) is 6.13. The van der Waals surface area contributed by atoms with E-state index < -0.39 is 15.4 Å². The third kappa shape index (κ3) is 3.69. The molecule has 2 saturated heterocycles. The van der Waals surface area contributed by atoms with Crippen LogP contribution in [-0.4, -0.2) is 64.9 Å². The van der Waals surface area contributed by atoms with Crippen LogP contribution in [0.1, 0.15) is 36.1 Å². The van der Waals surface area contributed by atoms with Crippen molar-refractivity contribution in [2.24, 2.45) is 5.92 Å². The molecule has 0 spiro atoms. The van der Waals surface area contributed by atoms with Crippen molar-refractivity contribution in [2.75, 3.05) is 26.2 Å². The van der Waals surface area contributed by atoms with E-state index in [1.54, 1.807) is 16.1 Å². The molecule has 8 nitrogen and oxygen atoms in total. The number of hydrogen-bond donors (Lipinski definition) is 1. The molecule has 2 fully saturated rings. The fourth-order valence-electron chi connectivity index (χ4n) is 4.56. The lowest BCUT2D eigenvalue weighted by molar-refractivity contribution is -0.128. The maximum Gasteiger partial charge on any atom is 0.219 e. The molecule has 0 radical (unpaired) electrons. The van der Waals surface area contributed by atoms with Crippen LogP contribution in [0.15, 0.2) is 24.3 Å². The molecule has 1 N–H and O–H groups in total. The Balaban J connectivity index is 1.58. The SMILES string of the molecule is CC(=O)N1C[C@H]2CN(S(=O)(=O)Cc3ccc(C)cc3)CC[C@@]2(c2n[nH]c(C)n2)C1. The van der Waals surface area contributed by atoms with Gasteiger partial charge in [-0.2, -0.15) is 5.10 Å². The quantitative estimate of drug-likeness (QED) is 0.810. The van der Waals surface area contributed by atoms with Gasteiger partial charge in [-0.05, 0) is 25.8 Å². The lowest BCUT2D eigenvalue weighted by Gasteiger charge is -2.40. The number of nitrogens with zero attached hydrogens (tertiary/aromatic N) is 4. The number of aromatic nitrogens is 3. The van der Waals surface area contributed by atoms with Gasteiger partial charge in [0.05, 0.1) is 11.2 Å². The summed E-state index contributed by atoms with van der Waals surface area (Å²) < 4.78 is 27.8.